The van der Waals surface area contributed by atoms with E-state index in [1.54, 1.807) is 16.9 Å². The molecule has 1 aromatic carbocycles. The smallest absolute Gasteiger partial charge is 0.311 e. The van der Waals surface area contributed by atoms with Gasteiger partial charge in [0.1, 0.15) is 0 Å². The number of benzene rings is 1. The lowest BCUT2D eigenvalue weighted by Gasteiger charge is -2.06. The molecule has 1 N–H and O–H groups in total. The highest BCUT2D eigenvalue weighted by Crippen LogP contribution is 2.18. The molecule has 0 bridgehead atoms. The van der Waals surface area contributed by atoms with E-state index in [4.69, 9.17) is 0 Å². The zero-order valence-corrected chi connectivity index (χ0v) is 10.2. The van der Waals surface area contributed by atoms with Gasteiger partial charge in [0.05, 0.1) is 17.8 Å². The van der Waals surface area contributed by atoms with Crippen LogP contribution in [0, 0.1) is 0 Å². The Morgan fingerprint density at radius 3 is 2.53 bits per heavy atom. The molecule has 102 valence electrons. The number of hydrogen-bond donors (Lipinski definition) is 1. The number of alkyl halides is 3. The molecule has 19 heavy (non-hydrogen) atoms. The van der Waals surface area contributed by atoms with Gasteiger partial charge in [-0.2, -0.15) is 18.3 Å². The summed E-state index contributed by atoms with van der Waals surface area (Å²) in [6.45, 7) is 0.234. The van der Waals surface area contributed by atoms with Gasteiger partial charge in [-0.25, -0.2) is 4.68 Å². The standard InChI is InChI=1S/C13H14F3N3/c14-13(15,16)7-8-17-10-11-6-9-19(18-11)12-4-2-1-3-5-12/h1-6,9,17H,7-8,10H2. The molecule has 2 aromatic rings. The van der Waals surface area contributed by atoms with Crippen molar-refractivity contribution in [1.29, 1.82) is 0 Å². The van der Waals surface area contributed by atoms with Gasteiger partial charge in [0.2, 0.25) is 0 Å². The highest BCUT2D eigenvalue weighted by Gasteiger charge is 2.25. The van der Waals surface area contributed by atoms with Crippen molar-refractivity contribution in [3.8, 4) is 5.69 Å². The second-order valence-corrected chi connectivity index (χ2v) is 4.13. The summed E-state index contributed by atoms with van der Waals surface area (Å²) >= 11 is 0. The second kappa shape index (κ2) is 5.88. The van der Waals surface area contributed by atoms with Gasteiger partial charge in [-0.15, -0.1) is 0 Å². The third-order valence-corrected chi connectivity index (χ3v) is 2.56. The number of para-hydroxylation sites is 1. The van der Waals surface area contributed by atoms with E-state index in [9.17, 15) is 13.2 Å². The molecule has 0 spiro atoms. The van der Waals surface area contributed by atoms with Crippen LogP contribution >= 0.6 is 0 Å². The zero-order chi connectivity index (χ0) is 13.7. The molecule has 1 heterocycles. The van der Waals surface area contributed by atoms with Crippen molar-refractivity contribution in [2.45, 2.75) is 19.1 Å². The molecule has 0 saturated carbocycles. The largest absolute Gasteiger partial charge is 0.390 e. The van der Waals surface area contributed by atoms with E-state index in [-0.39, 0.29) is 6.54 Å². The molecule has 3 nitrogen and oxygen atoms in total. The highest BCUT2D eigenvalue weighted by atomic mass is 19.4. The normalized spacial score (nSPS) is 11.7. The van der Waals surface area contributed by atoms with Crippen molar-refractivity contribution in [2.24, 2.45) is 0 Å². The number of nitrogens with one attached hydrogen (secondary N) is 1. The Morgan fingerprint density at radius 1 is 1.11 bits per heavy atom. The summed E-state index contributed by atoms with van der Waals surface area (Å²) < 4.78 is 37.5. The fourth-order valence-electron chi connectivity index (χ4n) is 1.63. The third-order valence-electron chi connectivity index (χ3n) is 2.56. The van der Waals surface area contributed by atoms with Crippen molar-refractivity contribution in [3.63, 3.8) is 0 Å². The molecule has 0 saturated heterocycles. The Labute approximate surface area is 109 Å². The molecule has 0 radical (unpaired) electrons. The van der Waals surface area contributed by atoms with Crippen molar-refractivity contribution < 1.29 is 13.2 Å². The average Bonchev–Trinajstić information content (AvgIpc) is 2.83. The molecule has 0 unspecified atom stereocenters. The molecular weight excluding hydrogens is 255 g/mol. The highest BCUT2D eigenvalue weighted by molar-refractivity contribution is 5.30. The molecular formula is C13H14F3N3. The van der Waals surface area contributed by atoms with Crippen molar-refractivity contribution in [1.82, 2.24) is 15.1 Å². The van der Waals surface area contributed by atoms with Crippen LogP contribution in [-0.2, 0) is 6.54 Å². The predicted octanol–water partition coefficient (Wildman–Crippen LogP) is 2.91. The number of nitrogens with zero attached hydrogens (tertiary/aromatic N) is 2. The van der Waals surface area contributed by atoms with Crippen molar-refractivity contribution in [3.05, 3.63) is 48.3 Å². The summed E-state index contributed by atoms with van der Waals surface area (Å²) in [5, 5.41) is 7.01. The third kappa shape index (κ3) is 4.40. The van der Waals surface area contributed by atoms with Crippen LogP contribution in [0.2, 0.25) is 0 Å². The van der Waals surface area contributed by atoms with Crippen LogP contribution < -0.4 is 5.32 Å². The van der Waals surface area contributed by atoms with Crippen LogP contribution in [0.5, 0.6) is 0 Å². The van der Waals surface area contributed by atoms with E-state index in [0.29, 0.717) is 12.2 Å². The summed E-state index contributed by atoms with van der Waals surface area (Å²) in [5.41, 5.74) is 1.63. The first-order chi connectivity index (χ1) is 9.04. The number of halogens is 3. The maximum Gasteiger partial charge on any atom is 0.390 e. The Morgan fingerprint density at radius 2 is 1.84 bits per heavy atom. The topological polar surface area (TPSA) is 29.9 Å². The predicted molar refractivity (Wildman–Crippen MR) is 65.9 cm³/mol. The summed E-state index contributed by atoms with van der Waals surface area (Å²) in [6.07, 6.45) is -3.15. The Bertz CT molecular complexity index is 505. The van der Waals surface area contributed by atoms with Crippen LogP contribution in [0.3, 0.4) is 0 Å². The van der Waals surface area contributed by atoms with Gasteiger partial charge in [0, 0.05) is 19.3 Å². The van der Waals surface area contributed by atoms with Gasteiger partial charge in [-0.3, -0.25) is 0 Å². The Balaban J connectivity index is 1.85. The molecule has 0 amide bonds. The van der Waals surface area contributed by atoms with Gasteiger partial charge in [0.25, 0.3) is 0 Å². The average molecular weight is 269 g/mol. The maximum absolute atomic E-state index is 11.9. The lowest BCUT2D eigenvalue weighted by molar-refractivity contribution is -0.133. The first-order valence-electron chi connectivity index (χ1n) is 5.92. The fourth-order valence-corrected chi connectivity index (χ4v) is 1.63. The van der Waals surface area contributed by atoms with Gasteiger partial charge in [-0.1, -0.05) is 18.2 Å². The van der Waals surface area contributed by atoms with E-state index < -0.39 is 12.6 Å². The first kappa shape index (κ1) is 13.6. The fraction of sp³-hybridized carbons (Fsp3) is 0.308. The van der Waals surface area contributed by atoms with Gasteiger partial charge >= 0.3 is 6.18 Å². The van der Waals surface area contributed by atoms with E-state index in [0.717, 1.165) is 5.69 Å². The van der Waals surface area contributed by atoms with Crippen LogP contribution in [0.25, 0.3) is 5.69 Å². The zero-order valence-electron chi connectivity index (χ0n) is 10.2. The summed E-state index contributed by atoms with van der Waals surface area (Å²) in [5.74, 6) is 0. The number of hydrogen-bond acceptors (Lipinski definition) is 2. The molecule has 0 aliphatic rings. The van der Waals surface area contributed by atoms with E-state index in [2.05, 4.69) is 10.4 Å². The molecule has 0 fully saturated rings. The van der Waals surface area contributed by atoms with E-state index in [1.165, 1.54) is 0 Å². The van der Waals surface area contributed by atoms with Crippen LogP contribution in [0.1, 0.15) is 12.1 Å². The van der Waals surface area contributed by atoms with E-state index in [1.807, 2.05) is 30.3 Å². The summed E-state index contributed by atoms with van der Waals surface area (Å²) in [7, 11) is 0. The van der Waals surface area contributed by atoms with Crippen molar-refractivity contribution in [2.75, 3.05) is 6.54 Å². The number of aromatic nitrogens is 2. The number of rotatable bonds is 5. The quantitative estimate of drug-likeness (QED) is 0.846. The summed E-state index contributed by atoms with van der Waals surface area (Å²) in [4.78, 5) is 0. The Kier molecular flexibility index (Phi) is 4.21. The molecule has 0 aliphatic heterocycles. The minimum absolute atomic E-state index is 0.0955. The molecule has 1 aromatic heterocycles. The van der Waals surface area contributed by atoms with Crippen LogP contribution in [0.4, 0.5) is 13.2 Å². The molecule has 2 rings (SSSR count). The second-order valence-electron chi connectivity index (χ2n) is 4.13. The van der Waals surface area contributed by atoms with Crippen LogP contribution in [0.15, 0.2) is 42.6 Å². The first-order valence-corrected chi connectivity index (χ1v) is 5.92. The molecule has 0 atom stereocenters. The molecule has 6 heteroatoms. The van der Waals surface area contributed by atoms with Gasteiger partial charge in [0.15, 0.2) is 0 Å². The maximum atomic E-state index is 11.9. The lowest BCUT2D eigenvalue weighted by Crippen LogP contribution is -2.21. The monoisotopic (exact) mass is 269 g/mol. The lowest BCUT2D eigenvalue weighted by atomic mass is 10.3. The minimum Gasteiger partial charge on any atom is -0.311 e. The Hall–Kier alpha value is -1.82. The molecule has 0 aliphatic carbocycles. The van der Waals surface area contributed by atoms with Crippen molar-refractivity contribution >= 4 is 0 Å². The van der Waals surface area contributed by atoms with Gasteiger partial charge in [-0.05, 0) is 18.2 Å². The minimum atomic E-state index is -4.11. The summed E-state index contributed by atoms with van der Waals surface area (Å²) in [6, 6.07) is 11.3. The van der Waals surface area contributed by atoms with Crippen LogP contribution in [-0.4, -0.2) is 22.5 Å². The van der Waals surface area contributed by atoms with E-state index >= 15 is 0 Å². The van der Waals surface area contributed by atoms with Gasteiger partial charge < -0.3 is 5.32 Å². The SMILES string of the molecule is FC(F)(F)CCNCc1ccn(-c2ccccc2)n1.